The van der Waals surface area contributed by atoms with E-state index in [4.69, 9.17) is 0 Å². The molecule has 0 heterocycles. The normalized spacial score (nSPS) is 11.3. The van der Waals surface area contributed by atoms with E-state index in [1.807, 2.05) is 0 Å². The molecule has 0 atom stereocenters. The maximum atomic E-state index is 12.4. The van der Waals surface area contributed by atoms with Gasteiger partial charge in [-0.05, 0) is 44.2 Å². The number of hydrogen-bond acceptors (Lipinski definition) is 4. The molecule has 0 aliphatic rings. The number of amides is 1. The van der Waals surface area contributed by atoms with Gasteiger partial charge in [-0.25, -0.2) is 13.1 Å². The second-order valence-electron chi connectivity index (χ2n) is 5.98. The number of carbonyl (C=O) groups is 1. The molecule has 2 N–H and O–H groups in total. The van der Waals surface area contributed by atoms with E-state index < -0.39 is 10.0 Å². The van der Waals surface area contributed by atoms with Crippen LogP contribution in [0.2, 0.25) is 0 Å². The number of nitrogens with one attached hydrogen (secondary N) is 2. The minimum Gasteiger partial charge on any atom is -0.351 e. The molecule has 1 amide bonds. The Morgan fingerprint density at radius 3 is 2.42 bits per heavy atom. The van der Waals surface area contributed by atoms with Gasteiger partial charge in [0.1, 0.15) is 0 Å². The Labute approximate surface area is 159 Å². The average molecular weight is 393 g/mol. The van der Waals surface area contributed by atoms with Gasteiger partial charge in [0.25, 0.3) is 5.91 Å². The van der Waals surface area contributed by atoms with Crippen molar-refractivity contribution in [2.45, 2.75) is 24.5 Å². The highest BCUT2D eigenvalue weighted by Crippen LogP contribution is 2.16. The third-order valence-corrected chi connectivity index (χ3v) is 6.40. The van der Waals surface area contributed by atoms with Crippen LogP contribution in [0, 0.1) is 13.8 Å². The number of sulfonamides is 1. The van der Waals surface area contributed by atoms with E-state index in [9.17, 15) is 13.2 Å². The summed E-state index contributed by atoms with van der Waals surface area (Å²) in [5.74, 6) is 1.42. The van der Waals surface area contributed by atoms with E-state index in [1.54, 1.807) is 24.8 Å². The van der Waals surface area contributed by atoms with Gasteiger partial charge in [0.05, 0.1) is 4.90 Å². The van der Waals surface area contributed by atoms with E-state index in [2.05, 4.69) is 41.2 Å². The van der Waals surface area contributed by atoms with Crippen LogP contribution in [0.5, 0.6) is 0 Å². The molecule has 0 fully saturated rings. The van der Waals surface area contributed by atoms with Crippen molar-refractivity contribution in [3.63, 3.8) is 0 Å². The first-order valence-corrected chi connectivity index (χ1v) is 10.9. The highest BCUT2D eigenvalue weighted by atomic mass is 32.2. The highest BCUT2D eigenvalue weighted by Gasteiger charge is 2.16. The fraction of sp³-hybridized carbons (Fsp3) is 0.316. The zero-order chi connectivity index (χ0) is 19.2. The summed E-state index contributed by atoms with van der Waals surface area (Å²) >= 11 is 1.74. The smallest absolute Gasteiger partial charge is 0.251 e. The van der Waals surface area contributed by atoms with E-state index in [0.717, 1.165) is 17.1 Å². The monoisotopic (exact) mass is 392 g/mol. The summed E-state index contributed by atoms with van der Waals surface area (Å²) in [5, 5.41) is 2.86. The van der Waals surface area contributed by atoms with Crippen molar-refractivity contribution in [1.82, 2.24) is 10.0 Å². The SMILES string of the molecule is CNS(=O)(=O)c1ccc(C)c(C(=O)NCCSCc2ccc(C)cc2)c1. The molecule has 0 aliphatic heterocycles. The molecule has 5 nitrogen and oxygen atoms in total. The molecule has 0 spiro atoms. The summed E-state index contributed by atoms with van der Waals surface area (Å²) in [4.78, 5) is 12.5. The lowest BCUT2D eigenvalue weighted by Crippen LogP contribution is -2.27. The van der Waals surface area contributed by atoms with Gasteiger partial charge < -0.3 is 5.32 Å². The van der Waals surface area contributed by atoms with Crippen molar-refractivity contribution in [3.05, 3.63) is 64.7 Å². The number of thioether (sulfide) groups is 1. The summed E-state index contributed by atoms with van der Waals surface area (Å²) in [5.41, 5.74) is 3.62. The molecule has 0 saturated carbocycles. The second kappa shape index (κ2) is 9.21. The van der Waals surface area contributed by atoms with Crippen molar-refractivity contribution in [2.75, 3.05) is 19.3 Å². The Kier molecular flexibility index (Phi) is 7.25. The first-order valence-electron chi connectivity index (χ1n) is 8.29. The maximum absolute atomic E-state index is 12.4. The molecule has 0 unspecified atom stereocenters. The molecule has 2 aromatic rings. The van der Waals surface area contributed by atoms with Crippen molar-refractivity contribution in [3.8, 4) is 0 Å². The number of benzene rings is 2. The summed E-state index contributed by atoms with van der Waals surface area (Å²) in [7, 11) is -2.22. The zero-order valence-electron chi connectivity index (χ0n) is 15.2. The molecular formula is C19H24N2O3S2. The first-order chi connectivity index (χ1) is 12.3. The van der Waals surface area contributed by atoms with E-state index >= 15 is 0 Å². The number of aryl methyl sites for hydroxylation is 2. The molecule has 0 aliphatic carbocycles. The average Bonchev–Trinajstić information content (AvgIpc) is 2.63. The van der Waals surface area contributed by atoms with E-state index in [-0.39, 0.29) is 10.8 Å². The van der Waals surface area contributed by atoms with Crippen molar-refractivity contribution >= 4 is 27.7 Å². The van der Waals surface area contributed by atoms with Crippen LogP contribution in [0.25, 0.3) is 0 Å². The zero-order valence-corrected chi connectivity index (χ0v) is 16.8. The predicted octanol–water partition coefficient (Wildman–Crippen LogP) is 2.87. The van der Waals surface area contributed by atoms with E-state index in [0.29, 0.717) is 12.1 Å². The molecular weight excluding hydrogens is 368 g/mol. The highest BCUT2D eigenvalue weighted by molar-refractivity contribution is 7.98. The second-order valence-corrected chi connectivity index (χ2v) is 8.97. The van der Waals surface area contributed by atoms with Gasteiger partial charge in [-0.15, -0.1) is 0 Å². The molecule has 0 aromatic heterocycles. The molecule has 7 heteroatoms. The molecule has 2 aromatic carbocycles. The molecule has 0 radical (unpaired) electrons. The van der Waals surface area contributed by atoms with Gasteiger partial charge in [-0.1, -0.05) is 35.9 Å². The van der Waals surface area contributed by atoms with Crippen LogP contribution in [-0.4, -0.2) is 33.7 Å². The molecule has 26 heavy (non-hydrogen) atoms. The number of hydrogen-bond donors (Lipinski definition) is 2. The predicted molar refractivity (Wildman–Crippen MR) is 107 cm³/mol. The van der Waals surface area contributed by atoms with Crippen molar-refractivity contribution in [1.29, 1.82) is 0 Å². The van der Waals surface area contributed by atoms with Crippen LogP contribution >= 0.6 is 11.8 Å². The largest absolute Gasteiger partial charge is 0.351 e. The standard InChI is InChI=1S/C19H24N2O3S2/c1-14-4-7-16(8-5-14)13-25-11-10-21-19(22)18-12-17(9-6-15(18)2)26(23,24)20-3/h4-9,12,20H,10-11,13H2,1-3H3,(H,21,22). The van der Waals surface area contributed by atoms with Gasteiger partial charge in [0.2, 0.25) is 10.0 Å². The molecule has 2 rings (SSSR count). The maximum Gasteiger partial charge on any atom is 0.251 e. The van der Waals surface area contributed by atoms with Crippen LogP contribution in [0.3, 0.4) is 0 Å². The summed E-state index contributed by atoms with van der Waals surface area (Å²) in [6, 6.07) is 13.0. The molecule has 140 valence electrons. The Balaban J connectivity index is 1.87. The third kappa shape index (κ3) is 5.59. The van der Waals surface area contributed by atoms with Crippen molar-refractivity contribution < 1.29 is 13.2 Å². The van der Waals surface area contributed by atoms with Gasteiger partial charge in [0.15, 0.2) is 0 Å². The lowest BCUT2D eigenvalue weighted by molar-refractivity contribution is 0.0955. The summed E-state index contributed by atoms with van der Waals surface area (Å²) < 4.78 is 26.1. The Morgan fingerprint density at radius 1 is 1.08 bits per heavy atom. The van der Waals surface area contributed by atoms with Gasteiger partial charge >= 0.3 is 0 Å². The van der Waals surface area contributed by atoms with Gasteiger partial charge in [-0.3, -0.25) is 4.79 Å². The van der Waals surface area contributed by atoms with Crippen molar-refractivity contribution in [2.24, 2.45) is 0 Å². The van der Waals surface area contributed by atoms with Crippen LogP contribution in [0.1, 0.15) is 27.0 Å². The Bertz CT molecular complexity index is 863. The molecule has 0 bridgehead atoms. The third-order valence-electron chi connectivity index (χ3n) is 3.95. The van der Waals surface area contributed by atoms with Gasteiger partial charge in [0, 0.05) is 23.6 Å². The molecule has 0 saturated heterocycles. The first kappa shape index (κ1) is 20.5. The fourth-order valence-corrected chi connectivity index (χ4v) is 3.91. The number of carbonyl (C=O) groups excluding carboxylic acids is 1. The quantitative estimate of drug-likeness (QED) is 0.678. The fourth-order valence-electron chi connectivity index (χ4n) is 2.34. The van der Waals surface area contributed by atoms with Crippen LogP contribution in [-0.2, 0) is 15.8 Å². The van der Waals surface area contributed by atoms with Gasteiger partial charge in [-0.2, -0.15) is 11.8 Å². The minimum absolute atomic E-state index is 0.0875. The topological polar surface area (TPSA) is 75.3 Å². The van der Waals surface area contributed by atoms with E-state index in [1.165, 1.54) is 30.3 Å². The minimum atomic E-state index is -3.57. The summed E-state index contributed by atoms with van der Waals surface area (Å²) in [6.07, 6.45) is 0. The Morgan fingerprint density at radius 2 is 1.77 bits per heavy atom. The van der Waals surface area contributed by atoms with Crippen LogP contribution in [0.15, 0.2) is 47.4 Å². The summed E-state index contributed by atoms with van der Waals surface area (Å²) in [6.45, 7) is 4.37. The Hall–Kier alpha value is -1.83. The van der Waals surface area contributed by atoms with Crippen LogP contribution < -0.4 is 10.0 Å². The van der Waals surface area contributed by atoms with Crippen LogP contribution in [0.4, 0.5) is 0 Å². The lowest BCUT2D eigenvalue weighted by atomic mass is 10.1. The lowest BCUT2D eigenvalue weighted by Gasteiger charge is -2.10. The number of rotatable bonds is 8.